The molecule has 2 aromatic heterocycles. The van der Waals surface area contributed by atoms with Crippen molar-refractivity contribution in [3.63, 3.8) is 0 Å². The van der Waals surface area contributed by atoms with E-state index < -0.39 is 0 Å². The van der Waals surface area contributed by atoms with Gasteiger partial charge in [-0.25, -0.2) is 0 Å². The molecule has 8 aromatic carbocycles. The summed E-state index contributed by atoms with van der Waals surface area (Å²) < 4.78 is 4.91. The van der Waals surface area contributed by atoms with E-state index in [0.29, 0.717) is 0 Å². The van der Waals surface area contributed by atoms with Gasteiger partial charge in [-0.2, -0.15) is 0 Å². The smallest absolute Gasteiger partial charge is 0.0547 e. The highest BCUT2D eigenvalue weighted by Gasteiger charge is 2.22. The van der Waals surface area contributed by atoms with E-state index in [1.807, 2.05) is 0 Å². The van der Waals surface area contributed by atoms with Crippen molar-refractivity contribution < 1.29 is 0 Å². The molecule has 50 heavy (non-hydrogen) atoms. The Morgan fingerprint density at radius 3 is 1.04 bits per heavy atom. The summed E-state index contributed by atoms with van der Waals surface area (Å²) in [7, 11) is 0. The lowest BCUT2D eigenvalue weighted by Gasteiger charge is -2.15. The van der Waals surface area contributed by atoms with Crippen LogP contribution in [0.2, 0.25) is 0 Å². The highest BCUT2D eigenvalue weighted by Crippen LogP contribution is 2.45. The maximum absolute atomic E-state index is 2.45. The highest BCUT2D eigenvalue weighted by atomic mass is 15.0. The van der Waals surface area contributed by atoms with Crippen LogP contribution in [0.4, 0.5) is 0 Å². The molecule has 0 amide bonds. The Labute approximate surface area is 290 Å². The van der Waals surface area contributed by atoms with E-state index in [1.54, 1.807) is 0 Å². The SMILES string of the molecule is c1ccc(-c2ccccc2-n2c3ccccc3c3c(-c4cccc5c4c4ccccc4n5-c4ccccc4-c4ccccc4)cccc32)cc1. The van der Waals surface area contributed by atoms with Gasteiger partial charge in [-0.1, -0.05) is 158 Å². The molecule has 234 valence electrons. The normalized spacial score (nSPS) is 11.6. The molecule has 0 aliphatic carbocycles. The Morgan fingerprint density at radius 1 is 0.240 bits per heavy atom. The zero-order valence-corrected chi connectivity index (χ0v) is 27.4. The lowest BCUT2D eigenvalue weighted by Crippen LogP contribution is -1.97. The average Bonchev–Trinajstić information content (AvgIpc) is 3.72. The van der Waals surface area contributed by atoms with Crippen LogP contribution in [0, 0.1) is 0 Å². The third kappa shape index (κ3) is 4.29. The molecule has 2 nitrogen and oxygen atoms in total. The minimum atomic E-state index is 1.18. The second-order valence-corrected chi connectivity index (χ2v) is 12.9. The number of nitrogens with zero attached hydrogens (tertiary/aromatic N) is 2. The van der Waals surface area contributed by atoms with Crippen LogP contribution < -0.4 is 0 Å². The van der Waals surface area contributed by atoms with Crippen LogP contribution in [0.15, 0.2) is 194 Å². The Hall–Kier alpha value is -6.64. The van der Waals surface area contributed by atoms with Gasteiger partial charge in [0.2, 0.25) is 0 Å². The van der Waals surface area contributed by atoms with Gasteiger partial charge in [-0.15, -0.1) is 0 Å². The number of aromatic nitrogens is 2. The number of hydrogen-bond acceptors (Lipinski definition) is 0. The number of benzene rings is 8. The summed E-state index contributed by atoms with van der Waals surface area (Å²) in [6.07, 6.45) is 0. The molecular formula is C48H32N2. The summed E-state index contributed by atoms with van der Waals surface area (Å²) in [4.78, 5) is 0. The van der Waals surface area contributed by atoms with Crippen molar-refractivity contribution in [3.8, 4) is 44.8 Å². The molecule has 10 aromatic rings. The lowest BCUT2D eigenvalue weighted by atomic mass is 9.95. The molecule has 10 rings (SSSR count). The van der Waals surface area contributed by atoms with Crippen molar-refractivity contribution >= 4 is 43.6 Å². The summed E-state index contributed by atoms with van der Waals surface area (Å²) in [5, 5.41) is 5.02. The minimum absolute atomic E-state index is 1.18. The van der Waals surface area contributed by atoms with Crippen LogP contribution in [0.25, 0.3) is 88.4 Å². The molecule has 0 bridgehead atoms. The molecule has 2 heteroatoms. The second kappa shape index (κ2) is 11.5. The van der Waals surface area contributed by atoms with E-state index in [9.17, 15) is 0 Å². The molecule has 0 fully saturated rings. The molecule has 0 radical (unpaired) electrons. The van der Waals surface area contributed by atoms with Gasteiger partial charge in [0, 0.05) is 32.7 Å². The fourth-order valence-electron chi connectivity index (χ4n) is 8.07. The maximum Gasteiger partial charge on any atom is 0.0547 e. The van der Waals surface area contributed by atoms with Gasteiger partial charge in [0.05, 0.1) is 33.4 Å². The van der Waals surface area contributed by atoms with Crippen molar-refractivity contribution in [3.05, 3.63) is 194 Å². The molecule has 0 aliphatic rings. The Kier molecular flexibility index (Phi) is 6.53. The summed E-state index contributed by atoms with van der Waals surface area (Å²) in [5.74, 6) is 0. The Morgan fingerprint density at radius 2 is 0.580 bits per heavy atom. The van der Waals surface area contributed by atoms with Gasteiger partial charge >= 0.3 is 0 Å². The first-order valence-corrected chi connectivity index (χ1v) is 17.2. The second-order valence-electron chi connectivity index (χ2n) is 12.9. The summed E-state index contributed by atoms with van der Waals surface area (Å²) in [5.41, 5.74) is 14.4. The van der Waals surface area contributed by atoms with E-state index in [1.165, 1.54) is 88.4 Å². The van der Waals surface area contributed by atoms with Gasteiger partial charge < -0.3 is 9.13 Å². The van der Waals surface area contributed by atoms with Crippen LogP contribution >= 0.6 is 0 Å². The molecule has 0 atom stereocenters. The molecule has 0 spiro atoms. The van der Waals surface area contributed by atoms with Crippen LogP contribution in [-0.4, -0.2) is 9.13 Å². The number of hydrogen-bond donors (Lipinski definition) is 0. The van der Waals surface area contributed by atoms with E-state index in [0.717, 1.165) is 0 Å². The largest absolute Gasteiger partial charge is 0.309 e. The topological polar surface area (TPSA) is 9.86 Å². The Bertz CT molecular complexity index is 2660. The molecular weight excluding hydrogens is 605 g/mol. The lowest BCUT2D eigenvalue weighted by molar-refractivity contribution is 1.18. The van der Waals surface area contributed by atoms with E-state index in [-0.39, 0.29) is 0 Å². The monoisotopic (exact) mass is 636 g/mol. The van der Waals surface area contributed by atoms with Crippen LogP contribution in [0.3, 0.4) is 0 Å². The van der Waals surface area contributed by atoms with Crippen LogP contribution in [0.1, 0.15) is 0 Å². The zero-order chi connectivity index (χ0) is 33.0. The van der Waals surface area contributed by atoms with Crippen molar-refractivity contribution in [1.29, 1.82) is 0 Å². The summed E-state index contributed by atoms with van der Waals surface area (Å²) in [6, 6.07) is 70.3. The van der Waals surface area contributed by atoms with Crippen molar-refractivity contribution in [2.24, 2.45) is 0 Å². The summed E-state index contributed by atoms with van der Waals surface area (Å²) in [6.45, 7) is 0. The first kappa shape index (κ1) is 28.4. The van der Waals surface area contributed by atoms with Gasteiger partial charge in [-0.05, 0) is 58.7 Å². The fourth-order valence-corrected chi connectivity index (χ4v) is 8.07. The standard InChI is InChI=1S/C48H32N2/c1-3-17-33(18-4-1)35-21-7-11-27-41(35)49-43-29-13-9-23-39(43)47-37(25-15-31-45(47)49)38-26-16-32-46-48(38)40-24-10-14-30-44(40)50(46)42-28-12-8-22-36(42)34-19-5-2-6-20-34/h1-32H. The van der Waals surface area contributed by atoms with Crippen molar-refractivity contribution in [2.75, 3.05) is 0 Å². The molecule has 0 saturated heterocycles. The number of para-hydroxylation sites is 4. The molecule has 0 saturated carbocycles. The third-order valence-electron chi connectivity index (χ3n) is 10.1. The zero-order valence-electron chi connectivity index (χ0n) is 27.4. The first-order valence-electron chi connectivity index (χ1n) is 17.2. The van der Waals surface area contributed by atoms with Gasteiger partial charge in [0.15, 0.2) is 0 Å². The first-order chi connectivity index (χ1) is 24.9. The van der Waals surface area contributed by atoms with Crippen LogP contribution in [0.5, 0.6) is 0 Å². The predicted octanol–water partition coefficient (Wildman–Crippen LogP) is 12.9. The van der Waals surface area contributed by atoms with Gasteiger partial charge in [-0.3, -0.25) is 0 Å². The quantitative estimate of drug-likeness (QED) is 0.178. The highest BCUT2D eigenvalue weighted by molar-refractivity contribution is 6.22. The van der Waals surface area contributed by atoms with E-state index in [4.69, 9.17) is 0 Å². The maximum atomic E-state index is 2.45. The minimum Gasteiger partial charge on any atom is -0.309 e. The number of rotatable bonds is 5. The molecule has 0 unspecified atom stereocenters. The predicted molar refractivity (Wildman–Crippen MR) is 211 cm³/mol. The van der Waals surface area contributed by atoms with Crippen molar-refractivity contribution in [1.82, 2.24) is 9.13 Å². The average molecular weight is 637 g/mol. The van der Waals surface area contributed by atoms with Crippen molar-refractivity contribution in [2.45, 2.75) is 0 Å². The van der Waals surface area contributed by atoms with E-state index >= 15 is 0 Å². The van der Waals surface area contributed by atoms with E-state index in [2.05, 4.69) is 203 Å². The van der Waals surface area contributed by atoms with Crippen LogP contribution in [-0.2, 0) is 0 Å². The third-order valence-corrected chi connectivity index (χ3v) is 10.1. The molecule has 0 N–H and O–H groups in total. The summed E-state index contributed by atoms with van der Waals surface area (Å²) >= 11 is 0. The fraction of sp³-hybridized carbons (Fsp3) is 0. The Balaban J connectivity index is 1.29. The van der Waals surface area contributed by atoms with Gasteiger partial charge in [0.25, 0.3) is 0 Å². The molecule has 2 heterocycles. The molecule has 0 aliphatic heterocycles. The number of fused-ring (bicyclic) bond motifs is 6. The van der Waals surface area contributed by atoms with Gasteiger partial charge in [0.1, 0.15) is 0 Å².